The molecule has 24 heavy (non-hydrogen) atoms. The van der Waals surface area contributed by atoms with Crippen LogP contribution in [0.4, 0.5) is 5.95 Å². The van der Waals surface area contributed by atoms with Crippen molar-refractivity contribution in [3.05, 3.63) is 35.7 Å². The summed E-state index contributed by atoms with van der Waals surface area (Å²) in [5.41, 5.74) is 1.86. The number of benzene rings is 1. The molecule has 0 aliphatic carbocycles. The third-order valence-electron chi connectivity index (χ3n) is 4.06. The van der Waals surface area contributed by atoms with Crippen LogP contribution in [0.5, 0.6) is 5.75 Å². The first-order chi connectivity index (χ1) is 11.7. The predicted octanol–water partition coefficient (Wildman–Crippen LogP) is 2.74. The van der Waals surface area contributed by atoms with E-state index in [1.54, 1.807) is 24.7 Å². The second kappa shape index (κ2) is 6.26. The first-order valence-electron chi connectivity index (χ1n) is 7.74. The van der Waals surface area contributed by atoms with Gasteiger partial charge in [-0.1, -0.05) is 11.6 Å². The maximum absolute atomic E-state index is 10.2. The molecular formula is C16H16ClN5O2. The minimum Gasteiger partial charge on any atom is -0.507 e. The number of ether oxygens (including phenoxy) is 1. The van der Waals surface area contributed by atoms with Crippen LogP contribution < -0.4 is 5.32 Å². The molecule has 1 unspecified atom stereocenters. The lowest BCUT2D eigenvalue weighted by molar-refractivity contribution is 0.0873. The molecule has 3 aromatic rings. The molecule has 0 radical (unpaired) electrons. The number of nitrogens with zero attached hydrogens (tertiary/aromatic N) is 4. The topological polar surface area (TPSA) is 84.6 Å². The standard InChI is InChI=1S/C16H16ClN5O2/c17-10-3-4-12(14(23)6-10)15-13-7-18-9-22(13)16(21-20-15)19-11-2-1-5-24-8-11/h3-4,6-7,9,11,23H,1-2,5,8H2,(H,19,21). The van der Waals surface area contributed by atoms with Crippen molar-refractivity contribution in [1.29, 1.82) is 0 Å². The van der Waals surface area contributed by atoms with Crippen molar-refractivity contribution in [3.63, 3.8) is 0 Å². The highest BCUT2D eigenvalue weighted by molar-refractivity contribution is 6.30. The molecule has 0 spiro atoms. The zero-order valence-electron chi connectivity index (χ0n) is 12.8. The number of aromatic nitrogens is 4. The van der Waals surface area contributed by atoms with Crippen molar-refractivity contribution >= 4 is 23.1 Å². The summed E-state index contributed by atoms with van der Waals surface area (Å²) < 4.78 is 7.31. The third-order valence-corrected chi connectivity index (χ3v) is 4.30. The maximum Gasteiger partial charge on any atom is 0.229 e. The van der Waals surface area contributed by atoms with Gasteiger partial charge in [0.15, 0.2) is 0 Å². The van der Waals surface area contributed by atoms with E-state index in [1.807, 2.05) is 4.40 Å². The third kappa shape index (κ3) is 2.76. The van der Waals surface area contributed by atoms with Crippen molar-refractivity contribution in [1.82, 2.24) is 19.6 Å². The Morgan fingerprint density at radius 3 is 3.04 bits per heavy atom. The fraction of sp³-hybridized carbons (Fsp3) is 0.312. The lowest BCUT2D eigenvalue weighted by atomic mass is 10.1. The van der Waals surface area contributed by atoms with E-state index >= 15 is 0 Å². The number of nitrogens with one attached hydrogen (secondary N) is 1. The highest BCUT2D eigenvalue weighted by Crippen LogP contribution is 2.33. The summed E-state index contributed by atoms with van der Waals surface area (Å²) in [6.45, 7) is 1.46. The highest BCUT2D eigenvalue weighted by Gasteiger charge is 2.18. The van der Waals surface area contributed by atoms with Gasteiger partial charge < -0.3 is 15.2 Å². The lowest BCUT2D eigenvalue weighted by Gasteiger charge is -2.23. The zero-order chi connectivity index (χ0) is 16.5. The van der Waals surface area contributed by atoms with Crippen LogP contribution in [0.25, 0.3) is 16.8 Å². The minimum absolute atomic E-state index is 0.0567. The van der Waals surface area contributed by atoms with E-state index in [1.165, 1.54) is 6.07 Å². The number of fused-ring (bicyclic) bond motifs is 1. The molecule has 0 bridgehead atoms. The van der Waals surface area contributed by atoms with E-state index in [4.69, 9.17) is 16.3 Å². The number of hydrogen-bond donors (Lipinski definition) is 2. The van der Waals surface area contributed by atoms with Crippen LogP contribution in [-0.2, 0) is 4.74 Å². The largest absolute Gasteiger partial charge is 0.507 e. The fourth-order valence-electron chi connectivity index (χ4n) is 2.87. The molecule has 2 N–H and O–H groups in total. The Morgan fingerprint density at radius 1 is 1.33 bits per heavy atom. The number of rotatable bonds is 3. The normalized spacial score (nSPS) is 18.0. The second-order valence-corrected chi connectivity index (χ2v) is 6.18. The van der Waals surface area contributed by atoms with Gasteiger partial charge >= 0.3 is 0 Å². The average Bonchev–Trinajstić information content (AvgIpc) is 3.07. The fourth-order valence-corrected chi connectivity index (χ4v) is 3.03. The molecule has 2 aromatic heterocycles. The number of imidazole rings is 1. The monoisotopic (exact) mass is 345 g/mol. The number of phenolic OH excluding ortho intramolecular Hbond substituents is 1. The Kier molecular flexibility index (Phi) is 3.95. The van der Waals surface area contributed by atoms with Crippen LogP contribution in [-0.4, -0.2) is 43.9 Å². The molecule has 4 rings (SSSR count). The van der Waals surface area contributed by atoms with E-state index in [0.29, 0.717) is 28.8 Å². The number of halogens is 1. The van der Waals surface area contributed by atoms with Crippen molar-refractivity contribution in [2.75, 3.05) is 18.5 Å². The molecule has 0 amide bonds. The molecule has 0 saturated carbocycles. The van der Waals surface area contributed by atoms with Crippen molar-refractivity contribution in [2.24, 2.45) is 0 Å². The molecule has 1 aliphatic rings. The summed E-state index contributed by atoms with van der Waals surface area (Å²) in [6.07, 6.45) is 5.42. The summed E-state index contributed by atoms with van der Waals surface area (Å²) in [6, 6.07) is 5.11. The molecule has 1 fully saturated rings. The van der Waals surface area contributed by atoms with Crippen LogP contribution >= 0.6 is 11.6 Å². The summed E-state index contributed by atoms with van der Waals surface area (Å²) in [7, 11) is 0. The van der Waals surface area contributed by atoms with Gasteiger partial charge in [-0.15, -0.1) is 10.2 Å². The Hall–Kier alpha value is -2.38. The van der Waals surface area contributed by atoms with Gasteiger partial charge in [0.1, 0.15) is 17.8 Å². The highest BCUT2D eigenvalue weighted by atomic mass is 35.5. The zero-order valence-corrected chi connectivity index (χ0v) is 13.6. The molecule has 8 heteroatoms. The summed E-state index contributed by atoms with van der Waals surface area (Å²) in [4.78, 5) is 4.19. The summed E-state index contributed by atoms with van der Waals surface area (Å²) >= 11 is 5.90. The van der Waals surface area contributed by atoms with Gasteiger partial charge in [-0.05, 0) is 31.0 Å². The van der Waals surface area contributed by atoms with Crippen LogP contribution in [0, 0.1) is 0 Å². The van der Waals surface area contributed by atoms with Gasteiger partial charge in [0, 0.05) is 17.2 Å². The first kappa shape index (κ1) is 15.2. The smallest absolute Gasteiger partial charge is 0.229 e. The van der Waals surface area contributed by atoms with Gasteiger partial charge in [-0.25, -0.2) is 4.98 Å². The van der Waals surface area contributed by atoms with Crippen LogP contribution in [0.3, 0.4) is 0 Å². The molecule has 124 valence electrons. The summed E-state index contributed by atoms with van der Waals surface area (Å²) in [5, 5.41) is 22.5. The van der Waals surface area contributed by atoms with Crippen molar-refractivity contribution in [3.8, 4) is 17.0 Å². The molecule has 1 aromatic carbocycles. The Labute approximate surface area is 143 Å². The number of phenols is 1. The lowest BCUT2D eigenvalue weighted by Crippen LogP contribution is -2.31. The van der Waals surface area contributed by atoms with Gasteiger partial charge in [-0.2, -0.15) is 0 Å². The van der Waals surface area contributed by atoms with Gasteiger partial charge in [0.2, 0.25) is 5.95 Å². The van der Waals surface area contributed by atoms with Crippen molar-refractivity contribution < 1.29 is 9.84 Å². The van der Waals surface area contributed by atoms with Gasteiger partial charge in [0.25, 0.3) is 0 Å². The van der Waals surface area contributed by atoms with E-state index in [2.05, 4.69) is 20.5 Å². The van der Waals surface area contributed by atoms with E-state index < -0.39 is 0 Å². The van der Waals surface area contributed by atoms with Crippen LogP contribution in [0.1, 0.15) is 12.8 Å². The van der Waals surface area contributed by atoms with Crippen molar-refractivity contribution in [2.45, 2.75) is 18.9 Å². The number of anilines is 1. The van der Waals surface area contributed by atoms with E-state index in [0.717, 1.165) is 25.0 Å². The Balaban J connectivity index is 1.74. The molecule has 7 nitrogen and oxygen atoms in total. The molecule has 3 heterocycles. The average molecular weight is 346 g/mol. The Bertz CT molecular complexity index is 876. The molecule has 1 atom stereocenters. The van der Waals surface area contributed by atoms with Gasteiger partial charge in [-0.3, -0.25) is 4.40 Å². The van der Waals surface area contributed by atoms with Crippen LogP contribution in [0.15, 0.2) is 30.7 Å². The predicted molar refractivity (Wildman–Crippen MR) is 90.4 cm³/mol. The molecular weight excluding hydrogens is 330 g/mol. The van der Waals surface area contributed by atoms with Crippen LogP contribution in [0.2, 0.25) is 5.02 Å². The second-order valence-electron chi connectivity index (χ2n) is 5.74. The molecule has 1 saturated heterocycles. The minimum atomic E-state index is 0.0567. The number of hydrogen-bond acceptors (Lipinski definition) is 6. The summed E-state index contributed by atoms with van der Waals surface area (Å²) in [5.74, 6) is 0.663. The van der Waals surface area contributed by atoms with E-state index in [-0.39, 0.29) is 11.8 Å². The Morgan fingerprint density at radius 2 is 2.25 bits per heavy atom. The first-order valence-corrected chi connectivity index (χ1v) is 8.12. The van der Waals surface area contributed by atoms with E-state index in [9.17, 15) is 5.11 Å². The molecule has 1 aliphatic heterocycles. The maximum atomic E-state index is 10.2. The quantitative estimate of drug-likeness (QED) is 0.759. The SMILES string of the molecule is Oc1cc(Cl)ccc1-c1nnc(NC2CCCOC2)n2cncc12. The van der Waals surface area contributed by atoms with Gasteiger partial charge in [0.05, 0.1) is 24.4 Å². The number of aromatic hydroxyl groups is 1.